The van der Waals surface area contributed by atoms with Crippen LogP contribution < -0.4 is 10.6 Å². The highest BCUT2D eigenvalue weighted by molar-refractivity contribution is 7.12. The molecule has 2 N–H and O–H groups in total. The number of imide groups is 1. The number of carbonyl (C=O) groups is 3. The van der Waals surface area contributed by atoms with Crippen molar-refractivity contribution in [2.45, 2.75) is 31.7 Å². The van der Waals surface area contributed by atoms with Crippen molar-refractivity contribution in [3.8, 4) is 0 Å². The average Bonchev–Trinajstić information content (AvgIpc) is 3.03. The summed E-state index contributed by atoms with van der Waals surface area (Å²) in [4.78, 5) is 38.5. The largest absolute Gasteiger partial charge is 0.335 e. The van der Waals surface area contributed by atoms with Crippen molar-refractivity contribution in [1.82, 2.24) is 15.5 Å². The summed E-state index contributed by atoms with van der Waals surface area (Å²) in [7, 11) is 0. The highest BCUT2D eigenvalue weighted by atomic mass is 32.1. The molecule has 2 aliphatic rings. The number of nitrogens with one attached hydrogen (secondary N) is 2. The Morgan fingerprint density at radius 2 is 2.29 bits per heavy atom. The Labute approximate surface area is 126 Å². The van der Waals surface area contributed by atoms with Crippen molar-refractivity contribution in [2.75, 3.05) is 13.1 Å². The minimum atomic E-state index is -0.950. The second-order valence-corrected chi connectivity index (χ2v) is 6.37. The minimum absolute atomic E-state index is 0.0464. The highest BCUT2D eigenvalue weighted by Gasteiger charge is 2.49. The van der Waals surface area contributed by atoms with Crippen LogP contribution >= 0.6 is 11.3 Å². The van der Waals surface area contributed by atoms with Crippen LogP contribution in [0.5, 0.6) is 0 Å². The molecule has 112 valence electrons. The van der Waals surface area contributed by atoms with Gasteiger partial charge in [-0.1, -0.05) is 6.92 Å². The van der Waals surface area contributed by atoms with Crippen LogP contribution in [0.25, 0.3) is 0 Å². The molecule has 1 atom stereocenters. The van der Waals surface area contributed by atoms with E-state index in [1.165, 1.54) is 11.3 Å². The normalized spacial score (nSPS) is 25.1. The van der Waals surface area contributed by atoms with E-state index in [1.807, 2.05) is 18.4 Å². The second kappa shape index (κ2) is 5.14. The van der Waals surface area contributed by atoms with Gasteiger partial charge in [-0.3, -0.25) is 14.9 Å². The highest BCUT2D eigenvalue weighted by Crippen LogP contribution is 2.27. The number of likely N-dealkylation sites (tertiary alicyclic amines) is 1. The van der Waals surface area contributed by atoms with Gasteiger partial charge < -0.3 is 10.2 Å². The first kappa shape index (κ1) is 14.1. The second-order valence-electron chi connectivity index (χ2n) is 5.45. The lowest BCUT2D eigenvalue weighted by Gasteiger charge is -2.37. The third-order valence-electron chi connectivity index (χ3n) is 4.12. The van der Waals surface area contributed by atoms with E-state index in [0.29, 0.717) is 19.4 Å². The molecule has 2 saturated heterocycles. The van der Waals surface area contributed by atoms with Crippen molar-refractivity contribution < 1.29 is 14.4 Å². The molecule has 4 amide bonds. The number of rotatable bonds is 2. The maximum atomic E-state index is 12.7. The quantitative estimate of drug-likeness (QED) is 0.804. The Kier molecular flexibility index (Phi) is 3.44. The Bertz CT molecular complexity index is 612. The monoisotopic (exact) mass is 307 g/mol. The molecule has 7 heteroatoms. The van der Waals surface area contributed by atoms with Gasteiger partial charge in [0.1, 0.15) is 5.54 Å². The summed E-state index contributed by atoms with van der Waals surface area (Å²) < 4.78 is 0. The first-order valence-corrected chi connectivity index (χ1v) is 7.93. The van der Waals surface area contributed by atoms with Gasteiger partial charge >= 0.3 is 6.03 Å². The third-order valence-corrected chi connectivity index (χ3v) is 5.06. The summed E-state index contributed by atoms with van der Waals surface area (Å²) in [6.07, 6.45) is 2.08. The molecule has 0 aromatic carbocycles. The number of hydrogen-bond acceptors (Lipinski definition) is 4. The number of hydrogen-bond donors (Lipinski definition) is 2. The number of piperidine rings is 1. The Morgan fingerprint density at radius 1 is 1.48 bits per heavy atom. The molecule has 2 aliphatic heterocycles. The fourth-order valence-corrected chi connectivity index (χ4v) is 3.95. The molecule has 21 heavy (non-hydrogen) atoms. The van der Waals surface area contributed by atoms with Gasteiger partial charge in [0.2, 0.25) is 0 Å². The van der Waals surface area contributed by atoms with Crippen LogP contribution in [-0.2, 0) is 11.2 Å². The van der Waals surface area contributed by atoms with E-state index in [1.54, 1.807) is 4.90 Å². The first-order valence-electron chi connectivity index (χ1n) is 7.05. The van der Waals surface area contributed by atoms with Crippen LogP contribution in [0.15, 0.2) is 11.4 Å². The number of urea groups is 1. The van der Waals surface area contributed by atoms with Crippen molar-refractivity contribution in [2.24, 2.45) is 0 Å². The van der Waals surface area contributed by atoms with E-state index in [-0.39, 0.29) is 18.4 Å². The maximum absolute atomic E-state index is 12.7. The molecule has 1 unspecified atom stereocenters. The van der Waals surface area contributed by atoms with Crippen molar-refractivity contribution >= 4 is 29.2 Å². The fraction of sp³-hybridized carbons (Fsp3) is 0.500. The lowest BCUT2D eigenvalue weighted by atomic mass is 9.89. The van der Waals surface area contributed by atoms with Crippen molar-refractivity contribution in [1.29, 1.82) is 0 Å². The predicted molar refractivity (Wildman–Crippen MR) is 78.2 cm³/mol. The van der Waals surface area contributed by atoms with E-state index in [0.717, 1.165) is 16.9 Å². The summed E-state index contributed by atoms with van der Waals surface area (Å²) in [6, 6.07) is 1.49. The van der Waals surface area contributed by atoms with Gasteiger partial charge in [-0.2, -0.15) is 0 Å². The van der Waals surface area contributed by atoms with Crippen molar-refractivity contribution in [3.63, 3.8) is 0 Å². The molecule has 0 radical (unpaired) electrons. The van der Waals surface area contributed by atoms with Gasteiger partial charge in [0.15, 0.2) is 0 Å². The Balaban J connectivity index is 1.82. The van der Waals surface area contributed by atoms with Gasteiger partial charge in [-0.15, -0.1) is 11.3 Å². The summed E-state index contributed by atoms with van der Waals surface area (Å²) in [5.74, 6) is -0.373. The number of nitrogens with zero attached hydrogens (tertiary/aromatic N) is 1. The van der Waals surface area contributed by atoms with E-state index in [4.69, 9.17) is 0 Å². The van der Waals surface area contributed by atoms with E-state index >= 15 is 0 Å². The zero-order valence-corrected chi connectivity index (χ0v) is 12.6. The summed E-state index contributed by atoms with van der Waals surface area (Å²) in [5.41, 5.74) is 0.0822. The third kappa shape index (κ3) is 2.31. The van der Waals surface area contributed by atoms with E-state index in [2.05, 4.69) is 10.6 Å². The molecule has 3 heterocycles. The van der Waals surface area contributed by atoms with E-state index < -0.39 is 11.6 Å². The first-order chi connectivity index (χ1) is 10.1. The molecule has 1 spiro atoms. The fourth-order valence-electron chi connectivity index (χ4n) is 2.99. The smallest absolute Gasteiger partial charge is 0.322 e. The molecule has 2 fully saturated rings. The van der Waals surface area contributed by atoms with Crippen LogP contribution in [0.3, 0.4) is 0 Å². The number of carbonyl (C=O) groups excluding carboxylic acids is 3. The van der Waals surface area contributed by atoms with Crippen molar-refractivity contribution in [3.05, 3.63) is 21.9 Å². The van der Waals surface area contributed by atoms with Gasteiger partial charge in [0, 0.05) is 6.54 Å². The summed E-state index contributed by atoms with van der Waals surface area (Å²) in [6.45, 7) is 2.87. The van der Waals surface area contributed by atoms with Gasteiger partial charge in [-0.25, -0.2) is 4.79 Å². The zero-order valence-electron chi connectivity index (χ0n) is 11.8. The molecule has 0 aliphatic carbocycles. The van der Waals surface area contributed by atoms with Crippen LogP contribution in [-0.4, -0.2) is 41.4 Å². The van der Waals surface area contributed by atoms with Crippen LogP contribution in [0.1, 0.15) is 35.0 Å². The zero-order chi connectivity index (χ0) is 15.0. The lowest BCUT2D eigenvalue weighted by molar-refractivity contribution is -0.125. The molecule has 6 nitrogen and oxygen atoms in total. The lowest BCUT2D eigenvalue weighted by Crippen LogP contribution is -2.59. The number of aryl methyl sites for hydroxylation is 1. The standard InChI is InChI=1S/C14H17N3O3S/c1-2-9-4-7-21-10(9)11(18)17-6-3-5-14(8-17)12(19)15-13(20)16-14/h4,7H,2-3,5-6,8H2,1H3,(H2,15,16,19,20). The summed E-state index contributed by atoms with van der Waals surface area (Å²) >= 11 is 1.43. The van der Waals surface area contributed by atoms with Crippen LogP contribution in [0.2, 0.25) is 0 Å². The molecule has 0 bridgehead atoms. The molecule has 1 aromatic rings. The van der Waals surface area contributed by atoms with Crippen LogP contribution in [0.4, 0.5) is 4.79 Å². The molecular formula is C14H17N3O3S. The maximum Gasteiger partial charge on any atom is 0.322 e. The molecule has 3 rings (SSSR count). The Hall–Kier alpha value is -1.89. The van der Waals surface area contributed by atoms with Gasteiger partial charge in [0.25, 0.3) is 11.8 Å². The molecule has 1 aromatic heterocycles. The van der Waals surface area contributed by atoms with Gasteiger partial charge in [-0.05, 0) is 36.3 Å². The summed E-state index contributed by atoms with van der Waals surface area (Å²) in [5, 5.41) is 6.87. The predicted octanol–water partition coefficient (Wildman–Crippen LogP) is 1.12. The number of amides is 4. The molecule has 0 saturated carbocycles. The number of thiophene rings is 1. The minimum Gasteiger partial charge on any atom is -0.335 e. The molecular weight excluding hydrogens is 290 g/mol. The Morgan fingerprint density at radius 3 is 2.95 bits per heavy atom. The average molecular weight is 307 g/mol. The SMILES string of the molecule is CCc1ccsc1C(=O)N1CCCC2(C1)NC(=O)NC2=O. The van der Waals surface area contributed by atoms with E-state index in [9.17, 15) is 14.4 Å². The van der Waals surface area contributed by atoms with Crippen LogP contribution in [0, 0.1) is 0 Å². The van der Waals surface area contributed by atoms with Gasteiger partial charge in [0.05, 0.1) is 11.4 Å². The topological polar surface area (TPSA) is 78.5 Å².